The number of benzene rings is 1. The Kier molecular flexibility index (Phi) is 4.19. The first-order valence-corrected chi connectivity index (χ1v) is 6.43. The van der Waals surface area contributed by atoms with Crippen molar-refractivity contribution in [2.24, 2.45) is 0 Å². The fourth-order valence-electron chi connectivity index (χ4n) is 1.10. The van der Waals surface area contributed by atoms with Crippen molar-refractivity contribution in [1.29, 1.82) is 0 Å². The van der Waals surface area contributed by atoms with Crippen LogP contribution in [-0.4, -0.2) is 32.4 Å². The second kappa shape index (κ2) is 5.24. The third-order valence-corrected chi connectivity index (χ3v) is 3.22. The van der Waals surface area contributed by atoms with Crippen LogP contribution in [0.15, 0.2) is 18.2 Å². The molecule has 0 aliphatic heterocycles. The summed E-state index contributed by atoms with van der Waals surface area (Å²) in [5.74, 6) is -2.14. The number of rotatable bonds is 5. The monoisotopic (exact) mass is 279 g/mol. The standard InChI is InChI=1S/C9H10ClNO5S/c1-16-8-4-6(2-3-7(8)10)11-17(14,15)5-9(12)13/h2-4,11H,5H2,1H3,(H,12,13). The van der Waals surface area contributed by atoms with Crippen LogP contribution < -0.4 is 9.46 Å². The van der Waals surface area contributed by atoms with Crippen LogP contribution in [0, 0.1) is 0 Å². The Bertz CT molecular complexity index is 528. The first kappa shape index (κ1) is 13.6. The summed E-state index contributed by atoms with van der Waals surface area (Å²) in [6.07, 6.45) is 0. The zero-order valence-corrected chi connectivity index (χ0v) is 10.4. The Labute approximate surface area is 103 Å². The van der Waals surface area contributed by atoms with E-state index in [2.05, 4.69) is 4.72 Å². The van der Waals surface area contributed by atoms with Crippen molar-refractivity contribution in [3.63, 3.8) is 0 Å². The highest BCUT2D eigenvalue weighted by atomic mass is 35.5. The molecule has 0 heterocycles. The van der Waals surface area contributed by atoms with Gasteiger partial charge in [0.15, 0.2) is 5.75 Å². The van der Waals surface area contributed by atoms with Gasteiger partial charge in [0.25, 0.3) is 0 Å². The van der Waals surface area contributed by atoms with Crippen molar-refractivity contribution in [3.05, 3.63) is 23.2 Å². The van der Waals surface area contributed by atoms with E-state index in [9.17, 15) is 13.2 Å². The normalized spacial score (nSPS) is 10.9. The van der Waals surface area contributed by atoms with E-state index in [-0.39, 0.29) is 5.69 Å². The molecular formula is C9H10ClNO5S. The van der Waals surface area contributed by atoms with Crippen molar-refractivity contribution < 1.29 is 23.1 Å². The first-order chi connectivity index (χ1) is 7.84. The highest BCUT2D eigenvalue weighted by Crippen LogP contribution is 2.27. The van der Waals surface area contributed by atoms with Gasteiger partial charge >= 0.3 is 5.97 Å². The van der Waals surface area contributed by atoms with Gasteiger partial charge in [0.2, 0.25) is 10.0 Å². The Morgan fingerprint density at radius 2 is 2.18 bits per heavy atom. The second-order valence-electron chi connectivity index (χ2n) is 3.10. The van der Waals surface area contributed by atoms with E-state index >= 15 is 0 Å². The highest BCUT2D eigenvalue weighted by molar-refractivity contribution is 7.93. The molecule has 0 aliphatic carbocycles. The molecule has 0 amide bonds. The first-order valence-electron chi connectivity index (χ1n) is 4.40. The molecule has 94 valence electrons. The van der Waals surface area contributed by atoms with Crippen LogP contribution >= 0.6 is 11.6 Å². The summed E-state index contributed by atoms with van der Waals surface area (Å²) in [5, 5.41) is 8.73. The number of hydrogen-bond donors (Lipinski definition) is 2. The Hall–Kier alpha value is -1.47. The summed E-state index contributed by atoms with van der Waals surface area (Å²) in [6, 6.07) is 4.21. The summed E-state index contributed by atoms with van der Waals surface area (Å²) >= 11 is 5.76. The van der Waals surface area contributed by atoms with Crippen LogP contribution in [0.5, 0.6) is 5.75 Å². The topological polar surface area (TPSA) is 92.7 Å². The minimum absolute atomic E-state index is 0.188. The number of ether oxygens (including phenoxy) is 1. The molecule has 0 bridgehead atoms. The molecule has 0 aromatic heterocycles. The molecule has 0 spiro atoms. The second-order valence-corrected chi connectivity index (χ2v) is 5.23. The zero-order valence-electron chi connectivity index (χ0n) is 8.81. The van der Waals surface area contributed by atoms with Crippen LogP contribution in [0.1, 0.15) is 0 Å². The van der Waals surface area contributed by atoms with Crippen molar-refractivity contribution in [2.75, 3.05) is 17.6 Å². The van der Waals surface area contributed by atoms with E-state index < -0.39 is 21.7 Å². The van der Waals surface area contributed by atoms with Crippen molar-refractivity contribution in [1.82, 2.24) is 0 Å². The number of hydrogen-bond acceptors (Lipinski definition) is 4. The number of sulfonamides is 1. The quantitative estimate of drug-likeness (QED) is 0.844. The third kappa shape index (κ3) is 4.12. The lowest BCUT2D eigenvalue weighted by Gasteiger charge is -2.08. The molecule has 0 radical (unpaired) electrons. The van der Waals surface area contributed by atoms with Gasteiger partial charge in [-0.3, -0.25) is 9.52 Å². The number of carbonyl (C=O) groups is 1. The molecule has 8 heteroatoms. The van der Waals surface area contributed by atoms with E-state index in [4.69, 9.17) is 21.4 Å². The van der Waals surface area contributed by atoms with Gasteiger partial charge in [-0.2, -0.15) is 0 Å². The number of carboxylic acids is 1. The fourth-order valence-corrected chi connectivity index (χ4v) is 2.18. The highest BCUT2D eigenvalue weighted by Gasteiger charge is 2.16. The molecule has 1 aromatic rings. The van der Waals surface area contributed by atoms with Gasteiger partial charge in [0.05, 0.1) is 17.8 Å². The third-order valence-electron chi connectivity index (χ3n) is 1.74. The summed E-state index contributed by atoms with van der Waals surface area (Å²) < 4.78 is 29.7. The summed E-state index contributed by atoms with van der Waals surface area (Å²) in [7, 11) is -2.53. The maximum atomic E-state index is 11.3. The van der Waals surface area contributed by atoms with Crippen molar-refractivity contribution in [2.45, 2.75) is 0 Å². The van der Waals surface area contributed by atoms with Crippen LogP contribution in [0.3, 0.4) is 0 Å². The van der Waals surface area contributed by atoms with Gasteiger partial charge in [0, 0.05) is 6.07 Å². The smallest absolute Gasteiger partial charge is 0.320 e. The molecule has 2 N–H and O–H groups in total. The number of methoxy groups -OCH3 is 1. The SMILES string of the molecule is COc1cc(NS(=O)(=O)CC(=O)O)ccc1Cl. The largest absolute Gasteiger partial charge is 0.495 e. The molecule has 0 unspecified atom stereocenters. The van der Waals surface area contributed by atoms with Crippen LogP contribution in [0.25, 0.3) is 0 Å². The molecule has 0 fully saturated rings. The van der Waals surface area contributed by atoms with E-state index in [0.717, 1.165) is 0 Å². The molecule has 1 aromatic carbocycles. The number of nitrogens with one attached hydrogen (secondary N) is 1. The van der Waals surface area contributed by atoms with Gasteiger partial charge in [-0.15, -0.1) is 0 Å². The molecule has 0 atom stereocenters. The van der Waals surface area contributed by atoms with Crippen molar-refractivity contribution >= 4 is 33.3 Å². The number of aliphatic carboxylic acids is 1. The van der Waals surface area contributed by atoms with E-state index in [1.165, 1.54) is 25.3 Å². The van der Waals surface area contributed by atoms with E-state index in [0.29, 0.717) is 10.8 Å². The molecular weight excluding hydrogens is 270 g/mol. The zero-order chi connectivity index (χ0) is 13.1. The lowest BCUT2D eigenvalue weighted by Crippen LogP contribution is -2.22. The molecule has 6 nitrogen and oxygen atoms in total. The molecule has 0 saturated carbocycles. The van der Waals surface area contributed by atoms with Crippen LogP contribution in [-0.2, 0) is 14.8 Å². The number of carboxylic acid groups (broad SMARTS) is 1. The lowest BCUT2D eigenvalue weighted by molar-refractivity contribution is -0.134. The summed E-state index contributed by atoms with van der Waals surface area (Å²) in [4.78, 5) is 10.3. The maximum Gasteiger partial charge on any atom is 0.320 e. The molecule has 0 saturated heterocycles. The minimum atomic E-state index is -3.92. The molecule has 17 heavy (non-hydrogen) atoms. The van der Waals surface area contributed by atoms with Crippen LogP contribution in [0.4, 0.5) is 5.69 Å². The summed E-state index contributed by atoms with van der Waals surface area (Å²) in [5.41, 5.74) is 0.188. The van der Waals surface area contributed by atoms with Gasteiger partial charge < -0.3 is 9.84 Å². The van der Waals surface area contributed by atoms with Gasteiger partial charge in [-0.1, -0.05) is 11.6 Å². The fraction of sp³-hybridized carbons (Fsp3) is 0.222. The van der Waals surface area contributed by atoms with E-state index in [1.54, 1.807) is 0 Å². The van der Waals surface area contributed by atoms with Crippen molar-refractivity contribution in [3.8, 4) is 5.75 Å². The summed E-state index contributed by atoms with van der Waals surface area (Å²) in [6.45, 7) is 0. The minimum Gasteiger partial charge on any atom is -0.495 e. The van der Waals surface area contributed by atoms with Gasteiger partial charge in [-0.05, 0) is 12.1 Å². The Balaban J connectivity index is 2.92. The van der Waals surface area contributed by atoms with Crippen LogP contribution in [0.2, 0.25) is 5.02 Å². The van der Waals surface area contributed by atoms with Gasteiger partial charge in [0.1, 0.15) is 5.75 Å². The average molecular weight is 280 g/mol. The Morgan fingerprint density at radius 3 is 2.71 bits per heavy atom. The predicted molar refractivity (Wildman–Crippen MR) is 63.0 cm³/mol. The molecule has 0 aliphatic rings. The Morgan fingerprint density at radius 1 is 1.53 bits per heavy atom. The van der Waals surface area contributed by atoms with Gasteiger partial charge in [-0.25, -0.2) is 8.42 Å². The number of halogens is 1. The average Bonchev–Trinajstić information content (AvgIpc) is 2.18. The number of anilines is 1. The maximum absolute atomic E-state index is 11.3. The predicted octanol–water partition coefficient (Wildman–Crippen LogP) is 1.17. The van der Waals surface area contributed by atoms with E-state index in [1.807, 2.05) is 0 Å². The molecule has 1 rings (SSSR count). The lowest BCUT2D eigenvalue weighted by atomic mass is 10.3.